The van der Waals surface area contributed by atoms with Crippen LogP contribution in [0.15, 0.2) is 40.5 Å². The first-order chi connectivity index (χ1) is 11.9. The summed E-state index contributed by atoms with van der Waals surface area (Å²) in [5, 5.41) is 9.64. The number of fused-ring (bicyclic) bond motifs is 1. The summed E-state index contributed by atoms with van der Waals surface area (Å²) in [6.07, 6.45) is 0. The summed E-state index contributed by atoms with van der Waals surface area (Å²) < 4.78 is 21.6. The Bertz CT molecular complexity index is 984. The van der Waals surface area contributed by atoms with Gasteiger partial charge in [-0.3, -0.25) is 4.79 Å². The molecule has 0 radical (unpaired) electrons. The van der Waals surface area contributed by atoms with E-state index in [1.807, 2.05) is 13.0 Å². The molecule has 0 spiro atoms. The third-order valence-electron chi connectivity index (χ3n) is 4.29. The number of pyridine rings is 1. The number of allylic oxidation sites excluding steroid dienone is 1. The van der Waals surface area contributed by atoms with Gasteiger partial charge in [0, 0.05) is 28.9 Å². The Balaban J connectivity index is 2.43. The molecule has 1 aromatic heterocycles. The van der Waals surface area contributed by atoms with Crippen LogP contribution < -0.4 is 16.0 Å². The summed E-state index contributed by atoms with van der Waals surface area (Å²) in [5.41, 5.74) is 6.34. The van der Waals surface area contributed by atoms with E-state index >= 15 is 0 Å². The van der Waals surface area contributed by atoms with Crippen molar-refractivity contribution >= 4 is 11.6 Å². The lowest BCUT2D eigenvalue weighted by atomic mass is 9.83. The lowest BCUT2D eigenvalue weighted by molar-refractivity contribution is 0.387. The minimum absolute atomic E-state index is 0.0387. The maximum absolute atomic E-state index is 14.6. The van der Waals surface area contributed by atoms with Crippen molar-refractivity contribution in [2.45, 2.75) is 26.3 Å². The van der Waals surface area contributed by atoms with Crippen molar-refractivity contribution in [3.63, 3.8) is 0 Å². The van der Waals surface area contributed by atoms with Crippen molar-refractivity contribution in [1.29, 1.82) is 5.26 Å². The Hall–Kier alpha value is -2.78. The maximum atomic E-state index is 14.6. The summed E-state index contributed by atoms with van der Waals surface area (Å²) in [6, 6.07) is 7.78. The summed E-state index contributed by atoms with van der Waals surface area (Å²) in [5.74, 6) is -1.58. The fraction of sp³-hybridized carbons (Fsp3) is 0.222. The standard InChI is InChI=1S/C18H15ClFN3O2/c1-3-23-9(2)7-13-16(18(23)24)14(10(8-21)17(22)25-13)15-11(19)5-4-6-12(15)20/h4-7,14H,3,22H2,1-2H3/t14-/m1/s1. The van der Waals surface area contributed by atoms with Crippen LogP contribution in [-0.2, 0) is 6.54 Å². The smallest absolute Gasteiger partial charge is 0.258 e. The lowest BCUT2D eigenvalue weighted by Gasteiger charge is -2.27. The zero-order valence-corrected chi connectivity index (χ0v) is 14.4. The molecule has 0 fully saturated rings. The Morgan fingerprint density at radius 2 is 2.16 bits per heavy atom. The molecule has 2 N–H and O–H groups in total. The molecule has 3 rings (SSSR count). The molecule has 1 aliphatic rings. The minimum Gasteiger partial charge on any atom is -0.440 e. The van der Waals surface area contributed by atoms with Gasteiger partial charge in [-0.25, -0.2) is 4.39 Å². The highest BCUT2D eigenvalue weighted by Crippen LogP contribution is 2.43. The third-order valence-corrected chi connectivity index (χ3v) is 4.62. The van der Waals surface area contributed by atoms with E-state index in [0.717, 1.165) is 0 Å². The molecule has 0 saturated heterocycles. The Labute approximate surface area is 148 Å². The van der Waals surface area contributed by atoms with Gasteiger partial charge in [0.2, 0.25) is 5.88 Å². The summed E-state index contributed by atoms with van der Waals surface area (Å²) in [7, 11) is 0. The number of rotatable bonds is 2. The molecule has 0 saturated carbocycles. The van der Waals surface area contributed by atoms with E-state index in [0.29, 0.717) is 12.2 Å². The van der Waals surface area contributed by atoms with E-state index in [1.54, 1.807) is 13.0 Å². The highest BCUT2D eigenvalue weighted by Gasteiger charge is 2.36. The quantitative estimate of drug-likeness (QED) is 0.892. The predicted octanol–water partition coefficient (Wildman–Crippen LogP) is 3.19. The number of nitrogens with zero attached hydrogens (tertiary/aromatic N) is 2. The van der Waals surface area contributed by atoms with Crippen molar-refractivity contribution < 1.29 is 9.13 Å². The second kappa shape index (κ2) is 6.26. The average Bonchev–Trinajstić information content (AvgIpc) is 2.54. The van der Waals surface area contributed by atoms with Gasteiger partial charge in [0.15, 0.2) is 0 Å². The van der Waals surface area contributed by atoms with Gasteiger partial charge in [-0.15, -0.1) is 0 Å². The van der Waals surface area contributed by atoms with E-state index in [-0.39, 0.29) is 38.9 Å². The fourth-order valence-electron chi connectivity index (χ4n) is 3.15. The van der Waals surface area contributed by atoms with Crippen LogP contribution in [0.4, 0.5) is 4.39 Å². The van der Waals surface area contributed by atoms with Crippen LogP contribution in [0.3, 0.4) is 0 Å². The van der Waals surface area contributed by atoms with Crippen molar-refractivity contribution in [3.05, 3.63) is 73.7 Å². The van der Waals surface area contributed by atoms with Gasteiger partial charge < -0.3 is 15.0 Å². The first kappa shape index (κ1) is 17.1. The number of aromatic nitrogens is 1. The normalized spacial score (nSPS) is 16.2. The molecule has 2 heterocycles. The van der Waals surface area contributed by atoms with E-state index in [1.165, 1.54) is 22.8 Å². The number of hydrogen-bond acceptors (Lipinski definition) is 4. The molecular weight excluding hydrogens is 345 g/mol. The summed E-state index contributed by atoms with van der Waals surface area (Å²) in [4.78, 5) is 13.0. The van der Waals surface area contributed by atoms with Crippen LogP contribution in [0, 0.1) is 24.1 Å². The van der Waals surface area contributed by atoms with Crippen LogP contribution in [0.2, 0.25) is 5.02 Å². The highest BCUT2D eigenvalue weighted by molar-refractivity contribution is 6.31. The number of nitrogens with two attached hydrogens (primary N) is 1. The maximum Gasteiger partial charge on any atom is 0.258 e. The Morgan fingerprint density at radius 1 is 1.44 bits per heavy atom. The number of benzene rings is 1. The first-order valence-electron chi connectivity index (χ1n) is 7.66. The summed E-state index contributed by atoms with van der Waals surface area (Å²) >= 11 is 6.19. The molecule has 0 bridgehead atoms. The van der Waals surface area contributed by atoms with E-state index in [9.17, 15) is 14.4 Å². The average molecular weight is 360 g/mol. The van der Waals surface area contributed by atoms with Gasteiger partial charge in [-0.2, -0.15) is 5.26 Å². The fourth-order valence-corrected chi connectivity index (χ4v) is 3.43. The summed E-state index contributed by atoms with van der Waals surface area (Å²) in [6.45, 7) is 4.01. The van der Waals surface area contributed by atoms with Crippen LogP contribution in [0.5, 0.6) is 5.75 Å². The van der Waals surface area contributed by atoms with E-state index in [4.69, 9.17) is 22.1 Å². The lowest BCUT2D eigenvalue weighted by Crippen LogP contribution is -2.32. The van der Waals surface area contributed by atoms with Gasteiger partial charge in [0.05, 0.1) is 11.5 Å². The zero-order valence-electron chi connectivity index (χ0n) is 13.6. The molecule has 2 aromatic rings. The monoisotopic (exact) mass is 359 g/mol. The van der Waals surface area contributed by atoms with Crippen molar-refractivity contribution in [3.8, 4) is 11.8 Å². The highest BCUT2D eigenvalue weighted by atomic mass is 35.5. The Kier molecular flexibility index (Phi) is 4.27. The number of halogens is 2. The van der Waals surface area contributed by atoms with Crippen molar-refractivity contribution in [1.82, 2.24) is 4.57 Å². The van der Waals surface area contributed by atoms with Gasteiger partial charge in [-0.1, -0.05) is 17.7 Å². The predicted molar refractivity (Wildman–Crippen MR) is 91.8 cm³/mol. The molecule has 25 heavy (non-hydrogen) atoms. The minimum atomic E-state index is -1.02. The Morgan fingerprint density at radius 3 is 2.76 bits per heavy atom. The molecule has 0 aliphatic carbocycles. The van der Waals surface area contributed by atoms with Crippen LogP contribution >= 0.6 is 11.6 Å². The molecule has 5 nitrogen and oxygen atoms in total. The third kappa shape index (κ3) is 2.57. The molecular formula is C18H15ClFN3O2. The largest absolute Gasteiger partial charge is 0.440 e. The number of hydrogen-bond donors (Lipinski definition) is 1. The molecule has 0 unspecified atom stereocenters. The van der Waals surface area contributed by atoms with Gasteiger partial charge in [-0.05, 0) is 26.0 Å². The molecule has 128 valence electrons. The van der Waals surface area contributed by atoms with Gasteiger partial charge in [0.1, 0.15) is 23.2 Å². The zero-order chi connectivity index (χ0) is 18.3. The molecule has 7 heteroatoms. The van der Waals surface area contributed by atoms with E-state index in [2.05, 4.69) is 0 Å². The van der Waals surface area contributed by atoms with Crippen molar-refractivity contribution in [2.24, 2.45) is 5.73 Å². The van der Waals surface area contributed by atoms with E-state index < -0.39 is 11.7 Å². The van der Waals surface area contributed by atoms with Crippen LogP contribution in [0.25, 0.3) is 0 Å². The number of aryl methyl sites for hydroxylation is 1. The van der Waals surface area contributed by atoms with Crippen LogP contribution in [-0.4, -0.2) is 4.57 Å². The molecule has 1 aromatic carbocycles. The topological polar surface area (TPSA) is 81.0 Å². The second-order valence-corrected chi connectivity index (χ2v) is 6.08. The van der Waals surface area contributed by atoms with Crippen LogP contribution in [0.1, 0.15) is 29.7 Å². The number of ether oxygens (including phenoxy) is 1. The van der Waals surface area contributed by atoms with Gasteiger partial charge in [0.25, 0.3) is 5.56 Å². The first-order valence-corrected chi connectivity index (χ1v) is 8.04. The second-order valence-electron chi connectivity index (χ2n) is 5.67. The molecule has 1 atom stereocenters. The number of nitriles is 1. The SMILES string of the molecule is CCn1c(C)cc2c(c1=O)[C@@H](c1c(F)cccc1Cl)C(C#N)=C(N)O2. The van der Waals surface area contributed by atoms with Gasteiger partial charge >= 0.3 is 0 Å². The molecule has 1 aliphatic heterocycles. The molecule has 0 amide bonds. The van der Waals surface area contributed by atoms with Crippen molar-refractivity contribution in [2.75, 3.05) is 0 Å².